The molecule has 0 aromatic carbocycles. The van der Waals surface area contributed by atoms with Crippen LogP contribution in [0.2, 0.25) is 0 Å². The first-order valence-corrected chi connectivity index (χ1v) is 6.05. The highest BCUT2D eigenvalue weighted by Gasteiger charge is 2.09. The van der Waals surface area contributed by atoms with Gasteiger partial charge in [0.15, 0.2) is 0 Å². The summed E-state index contributed by atoms with van der Waals surface area (Å²) in [4.78, 5) is 2.34. The van der Waals surface area contributed by atoms with E-state index in [1.54, 1.807) is 0 Å². The van der Waals surface area contributed by atoms with Crippen LogP contribution in [0, 0.1) is 5.92 Å². The van der Waals surface area contributed by atoms with Gasteiger partial charge in [-0.15, -0.1) is 11.3 Å². The van der Waals surface area contributed by atoms with Gasteiger partial charge >= 0.3 is 0 Å². The molecule has 0 fully saturated rings. The summed E-state index contributed by atoms with van der Waals surface area (Å²) in [5.41, 5.74) is 0. The van der Waals surface area contributed by atoms with Gasteiger partial charge in [-0.25, -0.2) is 0 Å². The highest BCUT2D eigenvalue weighted by molar-refractivity contribution is 7.14. The van der Waals surface area contributed by atoms with Crippen LogP contribution in [0.25, 0.3) is 0 Å². The minimum atomic E-state index is 0.743. The third kappa shape index (κ3) is 3.31. The van der Waals surface area contributed by atoms with Gasteiger partial charge in [-0.1, -0.05) is 13.3 Å². The van der Waals surface area contributed by atoms with Gasteiger partial charge in [-0.05, 0) is 37.0 Å². The van der Waals surface area contributed by atoms with Crippen molar-refractivity contribution in [3.05, 3.63) is 17.5 Å². The van der Waals surface area contributed by atoms with E-state index in [1.807, 2.05) is 18.4 Å². The Morgan fingerprint density at radius 1 is 1.57 bits per heavy atom. The second-order valence-corrected chi connectivity index (χ2v) is 4.59. The lowest BCUT2D eigenvalue weighted by Gasteiger charge is -2.23. The fourth-order valence-electron chi connectivity index (χ4n) is 1.59. The van der Waals surface area contributed by atoms with Gasteiger partial charge in [0, 0.05) is 13.6 Å². The highest BCUT2D eigenvalue weighted by Crippen LogP contribution is 2.20. The van der Waals surface area contributed by atoms with E-state index in [9.17, 15) is 0 Å². The van der Waals surface area contributed by atoms with Gasteiger partial charge in [0.2, 0.25) is 0 Å². The molecule has 1 atom stereocenters. The lowest BCUT2D eigenvalue weighted by molar-refractivity contribution is 0.485. The second-order valence-electron chi connectivity index (χ2n) is 3.66. The molecule has 0 saturated carbocycles. The number of nitrogens with one attached hydrogen (secondary N) is 1. The second kappa shape index (κ2) is 6.04. The van der Waals surface area contributed by atoms with Crippen LogP contribution in [-0.4, -0.2) is 27.2 Å². The number of rotatable bonds is 6. The monoisotopic (exact) mass is 212 g/mol. The summed E-state index contributed by atoms with van der Waals surface area (Å²) < 4.78 is 0. The molecule has 2 nitrogen and oxygen atoms in total. The van der Waals surface area contributed by atoms with Gasteiger partial charge < -0.3 is 10.2 Å². The standard InChI is InChI=1S/C11H20N2S/c1-4-10(8-12-2)9-13(3)11-6-5-7-14-11/h5-7,10,12H,4,8-9H2,1-3H3. The molecule has 0 spiro atoms. The van der Waals surface area contributed by atoms with Crippen LogP contribution in [0.5, 0.6) is 0 Å². The molecule has 0 aliphatic carbocycles. The molecule has 0 radical (unpaired) electrons. The lowest BCUT2D eigenvalue weighted by Crippen LogP contribution is -2.30. The van der Waals surface area contributed by atoms with Crippen molar-refractivity contribution in [2.45, 2.75) is 13.3 Å². The molecule has 1 rings (SSSR count). The number of hydrogen-bond acceptors (Lipinski definition) is 3. The summed E-state index contributed by atoms with van der Waals surface area (Å²) in [6.07, 6.45) is 1.23. The first kappa shape index (κ1) is 11.5. The molecular formula is C11H20N2S. The summed E-state index contributed by atoms with van der Waals surface area (Å²) in [6, 6.07) is 4.28. The minimum absolute atomic E-state index is 0.743. The predicted molar refractivity (Wildman–Crippen MR) is 65.3 cm³/mol. The smallest absolute Gasteiger partial charge is 0.0905 e. The third-order valence-electron chi connectivity index (χ3n) is 2.48. The molecule has 0 amide bonds. The van der Waals surface area contributed by atoms with E-state index in [2.05, 4.69) is 41.7 Å². The van der Waals surface area contributed by atoms with Crippen molar-refractivity contribution in [2.75, 3.05) is 32.1 Å². The van der Waals surface area contributed by atoms with Gasteiger partial charge in [-0.3, -0.25) is 0 Å². The van der Waals surface area contributed by atoms with Crippen LogP contribution in [-0.2, 0) is 0 Å². The summed E-state index contributed by atoms with van der Waals surface area (Å²) in [6.45, 7) is 4.49. The number of hydrogen-bond donors (Lipinski definition) is 1. The number of nitrogens with zero attached hydrogens (tertiary/aromatic N) is 1. The molecule has 0 aliphatic heterocycles. The Hall–Kier alpha value is -0.540. The first-order chi connectivity index (χ1) is 6.77. The first-order valence-electron chi connectivity index (χ1n) is 5.17. The van der Waals surface area contributed by atoms with E-state index in [1.165, 1.54) is 11.4 Å². The van der Waals surface area contributed by atoms with Crippen molar-refractivity contribution in [3.63, 3.8) is 0 Å². The molecule has 0 aliphatic rings. The maximum atomic E-state index is 3.25. The summed E-state index contributed by atoms with van der Waals surface area (Å²) in [5.74, 6) is 0.743. The minimum Gasteiger partial charge on any atom is -0.366 e. The molecule has 0 bridgehead atoms. The Balaban J connectivity index is 2.42. The fraction of sp³-hybridized carbons (Fsp3) is 0.636. The van der Waals surface area contributed by atoms with Crippen LogP contribution in [0.1, 0.15) is 13.3 Å². The largest absolute Gasteiger partial charge is 0.366 e. The molecule has 1 aromatic heterocycles. The quantitative estimate of drug-likeness (QED) is 0.779. The zero-order valence-corrected chi connectivity index (χ0v) is 10.1. The summed E-state index contributed by atoms with van der Waals surface area (Å²) in [7, 11) is 4.19. The van der Waals surface area contributed by atoms with Gasteiger partial charge in [0.25, 0.3) is 0 Å². The van der Waals surface area contributed by atoms with Crippen LogP contribution < -0.4 is 10.2 Å². The van der Waals surface area contributed by atoms with Gasteiger partial charge in [-0.2, -0.15) is 0 Å². The average Bonchev–Trinajstić information content (AvgIpc) is 2.69. The Morgan fingerprint density at radius 3 is 2.86 bits per heavy atom. The van der Waals surface area contributed by atoms with E-state index in [0.717, 1.165) is 19.0 Å². The molecular weight excluding hydrogens is 192 g/mol. The third-order valence-corrected chi connectivity index (χ3v) is 3.47. The van der Waals surface area contributed by atoms with E-state index >= 15 is 0 Å². The normalized spacial score (nSPS) is 12.8. The van der Waals surface area contributed by atoms with Crippen molar-refractivity contribution < 1.29 is 0 Å². The zero-order chi connectivity index (χ0) is 10.4. The van der Waals surface area contributed by atoms with E-state index in [-0.39, 0.29) is 0 Å². The Bertz CT molecular complexity index is 233. The topological polar surface area (TPSA) is 15.3 Å². The lowest BCUT2D eigenvalue weighted by atomic mass is 10.1. The van der Waals surface area contributed by atoms with Gasteiger partial charge in [0.05, 0.1) is 5.00 Å². The Labute approximate surface area is 90.9 Å². The molecule has 80 valence electrons. The molecule has 14 heavy (non-hydrogen) atoms. The Kier molecular flexibility index (Phi) is 4.98. The number of thiophene rings is 1. The maximum Gasteiger partial charge on any atom is 0.0905 e. The zero-order valence-electron chi connectivity index (χ0n) is 9.29. The summed E-state index contributed by atoms with van der Waals surface area (Å²) in [5, 5.41) is 6.74. The van der Waals surface area contributed by atoms with Crippen LogP contribution in [0.15, 0.2) is 17.5 Å². The molecule has 0 saturated heterocycles. The fourth-order valence-corrected chi connectivity index (χ4v) is 2.30. The molecule has 1 heterocycles. The van der Waals surface area contributed by atoms with Crippen LogP contribution in [0.4, 0.5) is 5.00 Å². The highest BCUT2D eigenvalue weighted by atomic mass is 32.1. The van der Waals surface area contributed by atoms with Crippen LogP contribution >= 0.6 is 11.3 Å². The van der Waals surface area contributed by atoms with E-state index < -0.39 is 0 Å². The summed E-state index contributed by atoms with van der Waals surface area (Å²) >= 11 is 1.81. The van der Waals surface area contributed by atoms with Crippen molar-refractivity contribution in [3.8, 4) is 0 Å². The van der Waals surface area contributed by atoms with Crippen molar-refractivity contribution in [2.24, 2.45) is 5.92 Å². The van der Waals surface area contributed by atoms with Crippen molar-refractivity contribution >= 4 is 16.3 Å². The van der Waals surface area contributed by atoms with E-state index in [4.69, 9.17) is 0 Å². The SMILES string of the molecule is CCC(CNC)CN(C)c1cccs1. The molecule has 1 N–H and O–H groups in total. The van der Waals surface area contributed by atoms with E-state index in [0.29, 0.717) is 0 Å². The molecule has 3 heteroatoms. The molecule has 1 aromatic rings. The van der Waals surface area contributed by atoms with Crippen molar-refractivity contribution in [1.29, 1.82) is 0 Å². The predicted octanol–water partition coefficient (Wildman–Crippen LogP) is 2.43. The average molecular weight is 212 g/mol. The van der Waals surface area contributed by atoms with Crippen LogP contribution in [0.3, 0.4) is 0 Å². The Morgan fingerprint density at radius 2 is 2.36 bits per heavy atom. The van der Waals surface area contributed by atoms with Crippen molar-refractivity contribution in [1.82, 2.24) is 5.32 Å². The van der Waals surface area contributed by atoms with Gasteiger partial charge in [0.1, 0.15) is 0 Å². The maximum absolute atomic E-state index is 3.25. The molecule has 1 unspecified atom stereocenters. The number of anilines is 1.